The number of nitrogens with zero attached hydrogens (tertiary/aromatic N) is 2. The summed E-state index contributed by atoms with van der Waals surface area (Å²) in [6.07, 6.45) is 1.72. The van der Waals surface area contributed by atoms with Crippen molar-refractivity contribution in [2.75, 3.05) is 0 Å². The second-order valence-electron chi connectivity index (χ2n) is 4.21. The van der Waals surface area contributed by atoms with Crippen LogP contribution >= 0.6 is 11.3 Å². The largest absolute Gasteiger partial charge is 0.235 e. The van der Waals surface area contributed by atoms with E-state index in [4.69, 9.17) is 0 Å². The van der Waals surface area contributed by atoms with Crippen LogP contribution in [-0.4, -0.2) is 4.98 Å². The third-order valence-electron chi connectivity index (χ3n) is 2.83. The van der Waals surface area contributed by atoms with E-state index in [-0.39, 0.29) is 5.82 Å². The minimum absolute atomic E-state index is 0.291. The topological polar surface area (TPSA) is 36.7 Å². The van der Waals surface area contributed by atoms with Gasteiger partial charge in [0, 0.05) is 0 Å². The molecule has 0 amide bonds. The van der Waals surface area contributed by atoms with Gasteiger partial charge < -0.3 is 0 Å². The minimum atomic E-state index is -0.291. The number of para-hydroxylation sites is 1. The number of thiazole rings is 1. The molecule has 0 saturated carbocycles. The molecule has 0 saturated heterocycles. The highest BCUT2D eigenvalue weighted by atomic mass is 32.1. The number of fused-ring (bicyclic) bond motifs is 1. The van der Waals surface area contributed by atoms with Gasteiger partial charge in [-0.2, -0.15) is 5.26 Å². The lowest BCUT2D eigenvalue weighted by atomic mass is 10.1. The zero-order valence-electron chi connectivity index (χ0n) is 10.4. The number of hydrogen-bond acceptors (Lipinski definition) is 3. The Balaban J connectivity index is 2.05. The summed E-state index contributed by atoms with van der Waals surface area (Å²) in [5.74, 6) is -0.291. The number of halogens is 1. The van der Waals surface area contributed by atoms with Gasteiger partial charge in [0.2, 0.25) is 0 Å². The summed E-state index contributed by atoms with van der Waals surface area (Å²) in [5.41, 5.74) is 2.15. The Bertz CT molecular complexity index is 793. The van der Waals surface area contributed by atoms with Crippen molar-refractivity contribution in [1.82, 2.24) is 4.98 Å². The first-order chi connectivity index (χ1) is 9.76. The summed E-state index contributed by atoms with van der Waals surface area (Å²) < 4.78 is 13.9. The molecule has 0 aliphatic rings. The molecule has 3 rings (SSSR count). The molecule has 0 aliphatic heterocycles. The zero-order valence-corrected chi connectivity index (χ0v) is 11.2. The molecular weight excluding hydrogens is 271 g/mol. The van der Waals surface area contributed by atoms with Crippen LogP contribution in [0.4, 0.5) is 4.39 Å². The molecule has 2 nitrogen and oxygen atoms in total. The minimum Gasteiger partial charge on any atom is -0.235 e. The van der Waals surface area contributed by atoms with E-state index in [1.54, 1.807) is 18.2 Å². The van der Waals surface area contributed by atoms with Crippen molar-refractivity contribution in [1.29, 1.82) is 5.26 Å². The molecule has 0 radical (unpaired) electrons. The van der Waals surface area contributed by atoms with E-state index in [0.29, 0.717) is 10.6 Å². The normalized spacial score (nSPS) is 11.5. The maximum atomic E-state index is 12.9. The fraction of sp³-hybridized carbons (Fsp3) is 0. The third-order valence-corrected chi connectivity index (χ3v) is 3.90. The number of benzene rings is 2. The summed E-state index contributed by atoms with van der Waals surface area (Å²) in [6, 6.07) is 15.9. The van der Waals surface area contributed by atoms with Gasteiger partial charge in [0.1, 0.15) is 16.9 Å². The van der Waals surface area contributed by atoms with Gasteiger partial charge in [-0.15, -0.1) is 11.3 Å². The van der Waals surface area contributed by atoms with E-state index in [1.165, 1.54) is 23.5 Å². The summed E-state index contributed by atoms with van der Waals surface area (Å²) in [5, 5.41) is 9.97. The Morgan fingerprint density at radius 1 is 1.15 bits per heavy atom. The number of allylic oxidation sites excluding steroid dienone is 1. The van der Waals surface area contributed by atoms with Crippen molar-refractivity contribution in [3.05, 3.63) is 64.9 Å². The molecule has 0 unspecified atom stereocenters. The van der Waals surface area contributed by atoms with Crippen LogP contribution < -0.4 is 0 Å². The number of nitriles is 1. The fourth-order valence-electron chi connectivity index (χ4n) is 1.85. The van der Waals surface area contributed by atoms with Gasteiger partial charge in [-0.05, 0) is 35.9 Å². The Kier molecular flexibility index (Phi) is 3.28. The molecule has 3 aromatic rings. The van der Waals surface area contributed by atoms with Crippen LogP contribution in [-0.2, 0) is 0 Å². The zero-order chi connectivity index (χ0) is 13.9. The molecule has 0 atom stereocenters. The molecule has 1 aromatic heterocycles. The number of aromatic nitrogens is 1. The lowest BCUT2D eigenvalue weighted by molar-refractivity contribution is 0.628. The second kappa shape index (κ2) is 5.24. The lowest BCUT2D eigenvalue weighted by Crippen LogP contribution is -1.81. The first-order valence-electron chi connectivity index (χ1n) is 5.99. The van der Waals surface area contributed by atoms with Gasteiger partial charge in [0.15, 0.2) is 0 Å². The van der Waals surface area contributed by atoms with Crippen LogP contribution in [0, 0.1) is 17.1 Å². The highest BCUT2D eigenvalue weighted by molar-refractivity contribution is 7.19. The molecular formula is C16H9FN2S. The van der Waals surface area contributed by atoms with Crippen LogP contribution in [0.15, 0.2) is 48.5 Å². The van der Waals surface area contributed by atoms with Crippen molar-refractivity contribution in [3.63, 3.8) is 0 Å². The molecule has 4 heteroatoms. The van der Waals surface area contributed by atoms with Crippen molar-refractivity contribution in [2.45, 2.75) is 0 Å². The maximum Gasteiger partial charge on any atom is 0.135 e. The van der Waals surface area contributed by atoms with Crippen molar-refractivity contribution < 1.29 is 4.39 Å². The van der Waals surface area contributed by atoms with Crippen LogP contribution in [0.5, 0.6) is 0 Å². The Morgan fingerprint density at radius 2 is 1.90 bits per heavy atom. The first-order valence-corrected chi connectivity index (χ1v) is 6.81. The van der Waals surface area contributed by atoms with Crippen molar-refractivity contribution >= 4 is 33.2 Å². The maximum absolute atomic E-state index is 12.9. The van der Waals surface area contributed by atoms with Gasteiger partial charge >= 0.3 is 0 Å². The Morgan fingerprint density at radius 3 is 2.60 bits per heavy atom. The standard InChI is InChI=1S/C16H9FN2S/c17-13-7-5-11(6-8-13)9-12(10-18)16-19-14-3-1-2-4-15(14)20-16/h1-9H/b12-9+. The predicted octanol–water partition coefficient (Wildman–Crippen LogP) is 4.50. The van der Waals surface area contributed by atoms with Crippen LogP contribution in [0.1, 0.15) is 10.6 Å². The van der Waals surface area contributed by atoms with Crippen LogP contribution in [0.25, 0.3) is 21.9 Å². The quantitative estimate of drug-likeness (QED) is 0.648. The fourth-order valence-corrected chi connectivity index (χ4v) is 2.79. The van der Waals surface area contributed by atoms with E-state index >= 15 is 0 Å². The molecule has 0 aliphatic carbocycles. The third kappa shape index (κ3) is 2.44. The lowest BCUT2D eigenvalue weighted by Gasteiger charge is -1.95. The SMILES string of the molecule is N#C/C(=C\c1ccc(F)cc1)c1nc2ccccc2s1. The predicted molar refractivity (Wildman–Crippen MR) is 79.5 cm³/mol. The number of hydrogen-bond donors (Lipinski definition) is 0. The van der Waals surface area contributed by atoms with E-state index in [2.05, 4.69) is 11.1 Å². The van der Waals surface area contributed by atoms with Crippen molar-refractivity contribution in [2.24, 2.45) is 0 Å². The van der Waals surface area contributed by atoms with Crippen molar-refractivity contribution in [3.8, 4) is 6.07 Å². The Hall–Kier alpha value is -2.51. The molecule has 1 heterocycles. The van der Waals surface area contributed by atoms with Gasteiger partial charge in [-0.25, -0.2) is 9.37 Å². The average Bonchev–Trinajstić information content (AvgIpc) is 2.90. The summed E-state index contributed by atoms with van der Waals surface area (Å²) in [4.78, 5) is 4.45. The van der Waals surface area contributed by atoms with Crippen LogP contribution in [0.3, 0.4) is 0 Å². The molecule has 0 bridgehead atoms. The second-order valence-corrected chi connectivity index (χ2v) is 5.24. The summed E-state index contributed by atoms with van der Waals surface area (Å²) in [7, 11) is 0. The van der Waals surface area contributed by atoms with E-state index in [9.17, 15) is 9.65 Å². The smallest absolute Gasteiger partial charge is 0.135 e. The van der Waals surface area contributed by atoms with Gasteiger partial charge in [-0.1, -0.05) is 24.3 Å². The highest BCUT2D eigenvalue weighted by Gasteiger charge is 2.08. The molecule has 0 fully saturated rings. The van der Waals surface area contributed by atoms with Gasteiger partial charge in [-0.3, -0.25) is 0 Å². The molecule has 2 aromatic carbocycles. The molecule has 0 spiro atoms. The highest BCUT2D eigenvalue weighted by Crippen LogP contribution is 2.27. The van der Waals surface area contributed by atoms with E-state index in [1.807, 2.05) is 24.3 Å². The average molecular weight is 280 g/mol. The van der Waals surface area contributed by atoms with E-state index < -0.39 is 0 Å². The number of rotatable bonds is 2. The summed E-state index contributed by atoms with van der Waals surface area (Å²) >= 11 is 1.48. The monoisotopic (exact) mass is 280 g/mol. The van der Waals surface area contributed by atoms with Gasteiger partial charge in [0.25, 0.3) is 0 Å². The molecule has 20 heavy (non-hydrogen) atoms. The van der Waals surface area contributed by atoms with E-state index in [0.717, 1.165) is 15.8 Å². The summed E-state index contributed by atoms with van der Waals surface area (Å²) in [6.45, 7) is 0. The molecule has 96 valence electrons. The van der Waals surface area contributed by atoms with Crippen LogP contribution in [0.2, 0.25) is 0 Å². The first kappa shape index (κ1) is 12.5. The van der Waals surface area contributed by atoms with Gasteiger partial charge in [0.05, 0.1) is 15.8 Å². The molecule has 0 N–H and O–H groups in total. The Labute approximate surface area is 119 Å².